The summed E-state index contributed by atoms with van der Waals surface area (Å²) in [6.07, 6.45) is 1.18. The fourth-order valence-electron chi connectivity index (χ4n) is 1.91. The van der Waals surface area contributed by atoms with E-state index >= 15 is 0 Å². The predicted molar refractivity (Wildman–Crippen MR) is 79.3 cm³/mol. The fourth-order valence-corrected chi connectivity index (χ4v) is 4.07. The van der Waals surface area contributed by atoms with Gasteiger partial charge in [-0.3, -0.25) is 0 Å². The topological polar surface area (TPSA) is 95.7 Å². The molecule has 0 aromatic carbocycles. The van der Waals surface area contributed by atoms with Crippen LogP contribution in [-0.2, 0) is 10.0 Å². The van der Waals surface area contributed by atoms with Crippen LogP contribution in [0.5, 0.6) is 0 Å². The van der Waals surface area contributed by atoms with Gasteiger partial charge in [0.2, 0.25) is 10.0 Å². The summed E-state index contributed by atoms with van der Waals surface area (Å²) in [6, 6.07) is 4.21. The molecule has 0 saturated heterocycles. The van der Waals surface area contributed by atoms with Gasteiger partial charge in [0, 0.05) is 11.1 Å². The van der Waals surface area contributed by atoms with Crippen LogP contribution in [0.15, 0.2) is 23.2 Å². The highest BCUT2D eigenvalue weighted by atomic mass is 32.2. The van der Waals surface area contributed by atoms with Crippen LogP contribution in [0.3, 0.4) is 0 Å². The number of nitriles is 1. The Labute approximate surface area is 127 Å². The molecular formula is C13H14N4O2S2. The van der Waals surface area contributed by atoms with Gasteiger partial charge in [0.25, 0.3) is 0 Å². The molecule has 6 nitrogen and oxygen atoms in total. The standard InChI is InChI=1S/C13H14N4O2S2/c1-8-13(20-10(3)16-8)9(2)17-21(18,19)12-5-4-11(6-14)15-7-12/h4-5,7,9,17H,1-3H3. The quantitative estimate of drug-likeness (QED) is 0.929. The summed E-state index contributed by atoms with van der Waals surface area (Å²) in [5.41, 5.74) is 1.00. The van der Waals surface area contributed by atoms with Crippen molar-refractivity contribution in [1.29, 1.82) is 5.26 Å². The number of hydrogen-bond acceptors (Lipinski definition) is 6. The van der Waals surface area contributed by atoms with Gasteiger partial charge < -0.3 is 0 Å². The number of thiazole rings is 1. The number of rotatable bonds is 4. The Morgan fingerprint density at radius 2 is 2.10 bits per heavy atom. The molecule has 0 fully saturated rings. The van der Waals surface area contributed by atoms with Gasteiger partial charge in [-0.05, 0) is 32.9 Å². The Kier molecular flexibility index (Phi) is 4.37. The van der Waals surface area contributed by atoms with Gasteiger partial charge >= 0.3 is 0 Å². The molecule has 1 atom stereocenters. The lowest BCUT2D eigenvalue weighted by Crippen LogP contribution is -2.27. The van der Waals surface area contributed by atoms with E-state index in [2.05, 4.69) is 14.7 Å². The van der Waals surface area contributed by atoms with Crippen molar-refractivity contribution in [3.8, 4) is 6.07 Å². The van der Waals surface area contributed by atoms with E-state index in [9.17, 15) is 8.42 Å². The molecule has 0 radical (unpaired) electrons. The Balaban J connectivity index is 2.24. The lowest BCUT2D eigenvalue weighted by molar-refractivity contribution is 0.567. The zero-order chi connectivity index (χ0) is 15.6. The van der Waals surface area contributed by atoms with Crippen LogP contribution in [-0.4, -0.2) is 18.4 Å². The SMILES string of the molecule is Cc1nc(C)c(C(C)NS(=O)(=O)c2ccc(C#N)nc2)s1. The van der Waals surface area contributed by atoms with Gasteiger partial charge in [-0.1, -0.05) is 0 Å². The second-order valence-corrected chi connectivity index (χ2v) is 7.47. The molecule has 0 aliphatic heterocycles. The molecule has 2 rings (SSSR count). The first-order chi connectivity index (χ1) is 9.83. The molecule has 0 aliphatic rings. The predicted octanol–water partition coefficient (Wildman–Crippen LogP) is 2.07. The zero-order valence-corrected chi connectivity index (χ0v) is 13.4. The maximum Gasteiger partial charge on any atom is 0.242 e. The smallest absolute Gasteiger partial charge is 0.242 e. The van der Waals surface area contributed by atoms with Crippen LogP contribution in [0.1, 0.15) is 34.2 Å². The fraction of sp³-hybridized carbons (Fsp3) is 0.308. The number of hydrogen-bond donors (Lipinski definition) is 1. The Bertz CT molecular complexity index is 789. The van der Waals surface area contributed by atoms with Crippen LogP contribution in [0, 0.1) is 25.2 Å². The van der Waals surface area contributed by atoms with Gasteiger partial charge in [0.05, 0.1) is 16.7 Å². The van der Waals surface area contributed by atoms with Gasteiger partial charge in [-0.15, -0.1) is 11.3 Å². The first kappa shape index (κ1) is 15.6. The highest BCUT2D eigenvalue weighted by Gasteiger charge is 2.21. The number of nitrogens with zero attached hydrogens (tertiary/aromatic N) is 3. The second kappa shape index (κ2) is 5.89. The molecule has 2 heterocycles. The van der Waals surface area contributed by atoms with Crippen molar-refractivity contribution in [2.75, 3.05) is 0 Å². The number of pyridine rings is 1. The van der Waals surface area contributed by atoms with E-state index in [-0.39, 0.29) is 16.6 Å². The van der Waals surface area contributed by atoms with Crippen LogP contribution in [0.2, 0.25) is 0 Å². The van der Waals surface area contributed by atoms with Gasteiger partial charge in [-0.25, -0.2) is 23.1 Å². The van der Waals surface area contributed by atoms with Gasteiger partial charge in [0.15, 0.2) is 0 Å². The molecule has 2 aromatic rings. The molecule has 0 bridgehead atoms. The van der Waals surface area contributed by atoms with E-state index in [1.54, 1.807) is 6.92 Å². The van der Waals surface area contributed by atoms with E-state index < -0.39 is 10.0 Å². The van der Waals surface area contributed by atoms with Crippen LogP contribution in [0.4, 0.5) is 0 Å². The minimum absolute atomic E-state index is 0.0345. The molecule has 0 spiro atoms. The summed E-state index contributed by atoms with van der Waals surface area (Å²) in [5, 5.41) is 9.57. The average molecular weight is 322 g/mol. The third kappa shape index (κ3) is 3.44. The normalized spacial score (nSPS) is 12.9. The minimum atomic E-state index is -3.68. The summed E-state index contributed by atoms with van der Waals surface area (Å²) in [5.74, 6) is 0. The maximum absolute atomic E-state index is 12.3. The molecular weight excluding hydrogens is 308 g/mol. The zero-order valence-electron chi connectivity index (χ0n) is 11.8. The summed E-state index contributed by atoms with van der Waals surface area (Å²) in [7, 11) is -3.68. The van der Waals surface area contributed by atoms with Crippen molar-refractivity contribution in [2.24, 2.45) is 0 Å². The molecule has 2 aromatic heterocycles. The summed E-state index contributed by atoms with van der Waals surface area (Å²) < 4.78 is 27.2. The van der Waals surface area contributed by atoms with E-state index in [1.165, 1.54) is 29.7 Å². The highest BCUT2D eigenvalue weighted by molar-refractivity contribution is 7.89. The maximum atomic E-state index is 12.3. The van der Waals surface area contributed by atoms with Crippen molar-refractivity contribution in [2.45, 2.75) is 31.7 Å². The van der Waals surface area contributed by atoms with Gasteiger partial charge in [-0.2, -0.15) is 5.26 Å². The molecule has 0 saturated carbocycles. The van der Waals surface area contributed by atoms with E-state index in [1.807, 2.05) is 19.9 Å². The lowest BCUT2D eigenvalue weighted by Gasteiger charge is -2.13. The molecule has 1 N–H and O–H groups in total. The minimum Gasteiger partial charge on any atom is -0.247 e. The Morgan fingerprint density at radius 3 is 2.57 bits per heavy atom. The van der Waals surface area contributed by atoms with Crippen molar-refractivity contribution in [1.82, 2.24) is 14.7 Å². The molecule has 0 aliphatic carbocycles. The Morgan fingerprint density at radius 1 is 1.38 bits per heavy atom. The van der Waals surface area contributed by atoms with Crippen molar-refractivity contribution in [3.63, 3.8) is 0 Å². The largest absolute Gasteiger partial charge is 0.247 e. The number of sulfonamides is 1. The van der Waals surface area contributed by atoms with Crippen LogP contribution >= 0.6 is 11.3 Å². The summed E-state index contributed by atoms with van der Waals surface area (Å²) in [6.45, 7) is 5.51. The van der Waals surface area contributed by atoms with Gasteiger partial charge in [0.1, 0.15) is 16.7 Å². The molecule has 110 valence electrons. The number of aryl methyl sites for hydroxylation is 2. The van der Waals surface area contributed by atoms with E-state index in [4.69, 9.17) is 5.26 Å². The molecule has 0 amide bonds. The highest BCUT2D eigenvalue weighted by Crippen LogP contribution is 2.25. The monoisotopic (exact) mass is 322 g/mol. The second-order valence-electron chi connectivity index (χ2n) is 4.52. The third-order valence-corrected chi connectivity index (χ3v) is 5.61. The first-order valence-electron chi connectivity index (χ1n) is 6.16. The lowest BCUT2D eigenvalue weighted by atomic mass is 10.2. The van der Waals surface area contributed by atoms with Crippen LogP contribution < -0.4 is 4.72 Å². The average Bonchev–Trinajstić information content (AvgIpc) is 2.77. The first-order valence-corrected chi connectivity index (χ1v) is 8.46. The summed E-state index contributed by atoms with van der Waals surface area (Å²) in [4.78, 5) is 8.99. The third-order valence-electron chi connectivity index (χ3n) is 2.83. The Hall–Kier alpha value is -1.82. The molecule has 8 heteroatoms. The number of aromatic nitrogens is 2. The molecule has 21 heavy (non-hydrogen) atoms. The van der Waals surface area contributed by atoms with Crippen molar-refractivity contribution < 1.29 is 8.42 Å². The number of nitrogens with one attached hydrogen (secondary N) is 1. The molecule has 1 unspecified atom stereocenters. The van der Waals surface area contributed by atoms with E-state index in [0.717, 1.165) is 15.6 Å². The van der Waals surface area contributed by atoms with Crippen LogP contribution in [0.25, 0.3) is 0 Å². The van der Waals surface area contributed by atoms with E-state index in [0.29, 0.717) is 0 Å². The summed E-state index contributed by atoms with van der Waals surface area (Å²) >= 11 is 1.47. The van der Waals surface area contributed by atoms with Crippen molar-refractivity contribution >= 4 is 21.4 Å². The van der Waals surface area contributed by atoms with Crippen molar-refractivity contribution in [3.05, 3.63) is 39.6 Å².